The fraction of sp³-hybridized carbons (Fsp3) is 0.385. The third-order valence-corrected chi connectivity index (χ3v) is 9.32. The molecule has 0 saturated carbocycles. The molecule has 3 aromatic carbocycles. The highest BCUT2D eigenvalue weighted by Gasteiger charge is 2.49. The summed E-state index contributed by atoms with van der Waals surface area (Å²) in [7, 11) is 0. The first-order valence-electron chi connectivity index (χ1n) is 16.3. The highest BCUT2D eigenvalue weighted by Crippen LogP contribution is 2.55. The molecule has 1 heterocycles. The lowest BCUT2D eigenvalue weighted by atomic mass is 9.63. The number of carbonyl (C=O) groups is 2. The Labute approximate surface area is 276 Å². The van der Waals surface area contributed by atoms with Crippen molar-refractivity contribution in [1.82, 2.24) is 4.90 Å². The summed E-state index contributed by atoms with van der Waals surface area (Å²) in [4.78, 5) is 41.6. The number of allylic oxidation sites excluding steroid dienone is 4. The van der Waals surface area contributed by atoms with Gasteiger partial charge in [0.1, 0.15) is 6.61 Å². The Hall–Kier alpha value is -4.72. The van der Waals surface area contributed by atoms with Crippen LogP contribution in [-0.2, 0) is 22.7 Å². The van der Waals surface area contributed by atoms with Crippen LogP contribution in [0.3, 0.4) is 0 Å². The molecule has 0 spiro atoms. The molecule has 0 unspecified atom stereocenters. The highest BCUT2D eigenvalue weighted by atomic mass is 16.6. The van der Waals surface area contributed by atoms with Crippen LogP contribution in [0, 0.1) is 20.9 Å². The van der Waals surface area contributed by atoms with Crippen LogP contribution in [0.4, 0.5) is 5.69 Å². The number of benzene rings is 3. The van der Waals surface area contributed by atoms with Crippen LogP contribution in [-0.4, -0.2) is 28.0 Å². The van der Waals surface area contributed by atoms with Crippen molar-refractivity contribution in [1.29, 1.82) is 0 Å². The van der Waals surface area contributed by atoms with Crippen LogP contribution in [0.15, 0.2) is 95.3 Å². The monoisotopic (exact) mass is 634 g/mol. The maximum atomic E-state index is 14.2. The number of carbonyl (C=O) groups excluding carboxylic acids is 2. The van der Waals surface area contributed by atoms with E-state index in [2.05, 4.69) is 44.7 Å². The van der Waals surface area contributed by atoms with Gasteiger partial charge in [0, 0.05) is 60.0 Å². The summed E-state index contributed by atoms with van der Waals surface area (Å²) in [5, 5.41) is 11.3. The number of nitro benzene ring substituents is 1. The van der Waals surface area contributed by atoms with Crippen LogP contribution in [0.1, 0.15) is 82.9 Å². The number of nitrogens with zero attached hydrogens (tertiary/aromatic N) is 2. The molecule has 244 valence electrons. The van der Waals surface area contributed by atoms with E-state index in [4.69, 9.17) is 9.47 Å². The smallest absolute Gasteiger partial charge is 0.269 e. The van der Waals surface area contributed by atoms with E-state index in [1.165, 1.54) is 12.1 Å². The van der Waals surface area contributed by atoms with Gasteiger partial charge in [-0.1, -0.05) is 76.2 Å². The molecule has 8 nitrogen and oxygen atoms in total. The van der Waals surface area contributed by atoms with E-state index in [-0.39, 0.29) is 34.7 Å². The molecule has 0 N–H and O–H groups in total. The molecule has 0 fully saturated rings. The van der Waals surface area contributed by atoms with Gasteiger partial charge in [0.2, 0.25) is 0 Å². The van der Waals surface area contributed by atoms with Gasteiger partial charge in [0.25, 0.3) is 5.69 Å². The van der Waals surface area contributed by atoms with Crippen LogP contribution < -0.4 is 9.47 Å². The summed E-state index contributed by atoms with van der Waals surface area (Å²) in [6.45, 7) is 11.6. The molecule has 8 heteroatoms. The number of ketones is 2. The summed E-state index contributed by atoms with van der Waals surface area (Å²) < 4.78 is 12.2. The standard InChI is InChI=1S/C39H42N2O6/c1-6-46-34-18-27(15-16-33(34)47-24-26-13-10-14-28(17-26)41(44)45)35-36-29(19-38(2,3)21-31(36)42)40(23-25-11-8-7-9-12-25)30-20-39(4,5)22-32(43)37(30)35/h7-18,35H,6,19-24H2,1-5H3. The lowest BCUT2D eigenvalue weighted by molar-refractivity contribution is -0.384. The maximum Gasteiger partial charge on any atom is 0.269 e. The van der Waals surface area contributed by atoms with Crippen molar-refractivity contribution in [3.05, 3.63) is 122 Å². The molecule has 0 atom stereocenters. The summed E-state index contributed by atoms with van der Waals surface area (Å²) in [5.41, 5.74) is 5.59. The van der Waals surface area contributed by atoms with Crippen molar-refractivity contribution in [2.75, 3.05) is 6.61 Å². The van der Waals surface area contributed by atoms with Gasteiger partial charge in [-0.05, 0) is 59.4 Å². The van der Waals surface area contributed by atoms with E-state index in [1.807, 2.05) is 43.3 Å². The van der Waals surface area contributed by atoms with Crippen molar-refractivity contribution in [2.45, 2.75) is 79.4 Å². The van der Waals surface area contributed by atoms with Crippen LogP contribution in [0.5, 0.6) is 11.5 Å². The molecule has 3 aliphatic rings. The lowest BCUT2D eigenvalue weighted by Crippen LogP contribution is -2.44. The predicted octanol–water partition coefficient (Wildman–Crippen LogP) is 8.46. The number of nitro groups is 1. The first-order chi connectivity index (χ1) is 22.4. The van der Waals surface area contributed by atoms with Crippen LogP contribution in [0.2, 0.25) is 0 Å². The Morgan fingerprint density at radius 2 is 1.38 bits per heavy atom. The Morgan fingerprint density at radius 3 is 1.98 bits per heavy atom. The molecule has 0 amide bonds. The van der Waals surface area contributed by atoms with Crippen LogP contribution >= 0.6 is 0 Å². The van der Waals surface area contributed by atoms with Crippen molar-refractivity contribution >= 4 is 17.3 Å². The van der Waals surface area contributed by atoms with Gasteiger partial charge < -0.3 is 14.4 Å². The number of non-ortho nitro benzene ring substituents is 1. The summed E-state index contributed by atoms with van der Waals surface area (Å²) in [6, 6.07) is 22.2. The van der Waals surface area contributed by atoms with Crippen molar-refractivity contribution < 1.29 is 24.0 Å². The Bertz CT molecular complexity index is 1750. The quantitative estimate of drug-likeness (QED) is 0.172. The summed E-state index contributed by atoms with van der Waals surface area (Å²) >= 11 is 0. The highest BCUT2D eigenvalue weighted by molar-refractivity contribution is 6.06. The van der Waals surface area contributed by atoms with Gasteiger partial charge in [-0.25, -0.2) is 0 Å². The second-order valence-corrected chi connectivity index (χ2v) is 14.5. The Balaban J connectivity index is 1.46. The van der Waals surface area contributed by atoms with Gasteiger partial charge >= 0.3 is 0 Å². The van der Waals surface area contributed by atoms with Gasteiger partial charge in [0.15, 0.2) is 23.1 Å². The molecule has 0 aromatic heterocycles. The lowest BCUT2D eigenvalue weighted by Gasteiger charge is -2.49. The number of Topliss-reactive ketones (excluding diaryl/α,β-unsaturated/α-hetero) is 2. The third kappa shape index (κ3) is 6.59. The molecular formula is C39H42N2O6. The molecule has 0 radical (unpaired) electrons. The van der Waals surface area contributed by atoms with Crippen LogP contribution in [0.25, 0.3) is 0 Å². The van der Waals surface area contributed by atoms with Gasteiger partial charge in [-0.15, -0.1) is 0 Å². The second-order valence-electron chi connectivity index (χ2n) is 14.5. The number of ether oxygens (including phenoxy) is 2. The minimum absolute atomic E-state index is 0.00102. The summed E-state index contributed by atoms with van der Waals surface area (Å²) in [5.74, 6) is 0.627. The Kier molecular flexibility index (Phi) is 8.55. The molecule has 47 heavy (non-hydrogen) atoms. The molecular weight excluding hydrogens is 592 g/mol. The predicted molar refractivity (Wildman–Crippen MR) is 180 cm³/mol. The average Bonchev–Trinajstić information content (AvgIpc) is 3.01. The van der Waals surface area contributed by atoms with Crippen molar-refractivity contribution in [2.24, 2.45) is 10.8 Å². The van der Waals surface area contributed by atoms with Gasteiger partial charge in [-0.2, -0.15) is 0 Å². The fourth-order valence-electron chi connectivity index (χ4n) is 7.35. The summed E-state index contributed by atoms with van der Waals surface area (Å²) in [6.07, 6.45) is 2.27. The molecule has 1 aliphatic heterocycles. The maximum absolute atomic E-state index is 14.2. The van der Waals surface area contributed by atoms with E-state index >= 15 is 0 Å². The zero-order valence-corrected chi connectivity index (χ0v) is 27.8. The van der Waals surface area contributed by atoms with Crippen molar-refractivity contribution in [3.8, 4) is 11.5 Å². The zero-order valence-electron chi connectivity index (χ0n) is 27.8. The SMILES string of the molecule is CCOc1cc(C2C3=C(CC(C)(C)CC3=O)N(Cc3ccccc3)C3=C2C(=O)CC(C)(C)C3)ccc1OCc1cccc([N+](=O)[O-])c1. The normalized spacial score (nSPS) is 19.0. The van der Waals surface area contributed by atoms with E-state index in [1.54, 1.807) is 12.1 Å². The number of hydrogen-bond donors (Lipinski definition) is 0. The fourth-order valence-corrected chi connectivity index (χ4v) is 7.35. The first kappa shape index (κ1) is 32.2. The molecule has 2 aliphatic carbocycles. The minimum Gasteiger partial charge on any atom is -0.490 e. The molecule has 0 saturated heterocycles. The van der Waals surface area contributed by atoms with E-state index in [0.717, 1.165) is 35.4 Å². The average molecular weight is 635 g/mol. The third-order valence-electron chi connectivity index (χ3n) is 9.32. The van der Waals surface area contributed by atoms with E-state index < -0.39 is 10.8 Å². The van der Waals surface area contributed by atoms with E-state index in [0.29, 0.717) is 54.2 Å². The Morgan fingerprint density at radius 1 is 0.766 bits per heavy atom. The second kappa shape index (κ2) is 12.5. The van der Waals surface area contributed by atoms with Gasteiger partial charge in [-0.3, -0.25) is 19.7 Å². The molecule has 0 bridgehead atoms. The number of rotatable bonds is 9. The first-order valence-corrected chi connectivity index (χ1v) is 16.3. The topological polar surface area (TPSA) is 99.0 Å². The molecule has 3 aromatic rings. The molecule has 6 rings (SSSR count). The largest absolute Gasteiger partial charge is 0.490 e. The van der Waals surface area contributed by atoms with Crippen molar-refractivity contribution in [3.63, 3.8) is 0 Å². The van der Waals surface area contributed by atoms with E-state index in [9.17, 15) is 19.7 Å². The minimum atomic E-state index is -0.510. The zero-order chi connectivity index (χ0) is 33.5. The number of hydrogen-bond acceptors (Lipinski definition) is 7. The van der Waals surface area contributed by atoms with Gasteiger partial charge in [0.05, 0.1) is 11.5 Å².